The van der Waals surface area contributed by atoms with Gasteiger partial charge in [0, 0.05) is 12.1 Å². The number of aliphatic hydroxyl groups excluding tert-OH is 1. The first-order chi connectivity index (χ1) is 7.15. The lowest BCUT2D eigenvalue weighted by Gasteiger charge is -2.05. The van der Waals surface area contributed by atoms with Crippen LogP contribution in [0.4, 0.5) is 0 Å². The van der Waals surface area contributed by atoms with Gasteiger partial charge in [-0.05, 0) is 24.6 Å². The van der Waals surface area contributed by atoms with Gasteiger partial charge >= 0.3 is 0 Å². The van der Waals surface area contributed by atoms with Crippen molar-refractivity contribution in [1.29, 1.82) is 0 Å². The van der Waals surface area contributed by atoms with Crippen LogP contribution in [0.25, 0.3) is 5.57 Å². The quantitative estimate of drug-likeness (QED) is 0.781. The molecule has 1 rings (SSSR count). The topological polar surface area (TPSA) is 49.3 Å². The number of hydrogen-bond acceptors (Lipinski definition) is 2. The van der Waals surface area contributed by atoms with Crippen molar-refractivity contribution in [3.63, 3.8) is 0 Å². The van der Waals surface area contributed by atoms with E-state index in [1.807, 2.05) is 19.1 Å². The molecule has 0 heterocycles. The summed E-state index contributed by atoms with van der Waals surface area (Å²) in [7, 11) is 0. The van der Waals surface area contributed by atoms with Crippen LogP contribution in [0, 0.1) is 0 Å². The Balaban J connectivity index is 2.81. The molecule has 0 fully saturated rings. The van der Waals surface area contributed by atoms with Crippen molar-refractivity contribution >= 4 is 11.5 Å². The third kappa shape index (κ3) is 3.22. The first-order valence-electron chi connectivity index (χ1n) is 4.80. The van der Waals surface area contributed by atoms with Crippen LogP contribution in [-0.4, -0.2) is 24.2 Å². The molecule has 0 saturated heterocycles. The summed E-state index contributed by atoms with van der Waals surface area (Å²) in [5.74, 6) is -0.174. The van der Waals surface area contributed by atoms with Gasteiger partial charge < -0.3 is 10.4 Å². The Morgan fingerprint density at radius 3 is 2.73 bits per heavy atom. The van der Waals surface area contributed by atoms with Gasteiger partial charge in [-0.3, -0.25) is 4.79 Å². The molecule has 0 unspecified atom stereocenters. The highest BCUT2D eigenvalue weighted by Gasteiger charge is 2.04. The summed E-state index contributed by atoms with van der Waals surface area (Å²) < 4.78 is 0. The zero-order valence-electron chi connectivity index (χ0n) is 8.79. The lowest BCUT2D eigenvalue weighted by molar-refractivity contribution is 0.0945. The van der Waals surface area contributed by atoms with Crippen molar-refractivity contribution < 1.29 is 9.90 Å². The highest BCUT2D eigenvalue weighted by Crippen LogP contribution is 2.13. The number of allylic oxidation sites excluding steroid dienone is 1. The number of amides is 1. The summed E-state index contributed by atoms with van der Waals surface area (Å²) in [4.78, 5) is 11.5. The minimum Gasteiger partial charge on any atom is -0.395 e. The number of nitrogens with one attached hydrogen (secondary N) is 1. The van der Waals surface area contributed by atoms with Crippen LogP contribution >= 0.6 is 0 Å². The van der Waals surface area contributed by atoms with Crippen LogP contribution in [0.5, 0.6) is 0 Å². The average molecular weight is 205 g/mol. The molecule has 0 radical (unpaired) electrons. The lowest BCUT2D eigenvalue weighted by Crippen LogP contribution is -2.26. The first-order valence-corrected chi connectivity index (χ1v) is 4.80. The maximum absolute atomic E-state index is 11.5. The first kappa shape index (κ1) is 11.5. The molecule has 0 atom stereocenters. The molecular formula is C12H15NO2. The van der Waals surface area contributed by atoms with Crippen molar-refractivity contribution in [3.8, 4) is 0 Å². The van der Waals surface area contributed by atoms with E-state index in [1.54, 1.807) is 12.1 Å². The number of hydrogen-bond donors (Lipinski definition) is 2. The van der Waals surface area contributed by atoms with E-state index in [0.717, 1.165) is 11.1 Å². The Hall–Kier alpha value is -1.61. The van der Waals surface area contributed by atoms with Crippen LogP contribution in [-0.2, 0) is 0 Å². The molecule has 1 aromatic carbocycles. The molecule has 0 aromatic heterocycles. The monoisotopic (exact) mass is 205 g/mol. The van der Waals surface area contributed by atoms with Crippen molar-refractivity contribution in [1.82, 2.24) is 5.32 Å². The van der Waals surface area contributed by atoms with Crippen molar-refractivity contribution in [2.75, 3.05) is 13.2 Å². The maximum atomic E-state index is 11.5. The predicted octanol–water partition coefficient (Wildman–Crippen LogP) is 1.44. The summed E-state index contributed by atoms with van der Waals surface area (Å²) in [5.41, 5.74) is 2.46. The Labute approximate surface area is 89.4 Å². The Kier molecular flexibility index (Phi) is 4.06. The second kappa shape index (κ2) is 5.32. The molecule has 0 saturated carbocycles. The Bertz CT molecular complexity index is 372. The summed E-state index contributed by atoms with van der Waals surface area (Å²) in [6.45, 7) is 5.93. The van der Waals surface area contributed by atoms with E-state index >= 15 is 0 Å². The summed E-state index contributed by atoms with van der Waals surface area (Å²) in [5, 5.41) is 11.2. The lowest BCUT2D eigenvalue weighted by atomic mass is 10.1. The standard InChI is InChI=1S/C12H15NO2/c1-9(2)10-4-3-5-11(8-10)12(15)13-6-7-14/h3-5,8,14H,1,6-7H2,2H3,(H,13,15). The van der Waals surface area contributed by atoms with Gasteiger partial charge in [0.1, 0.15) is 0 Å². The molecule has 3 nitrogen and oxygen atoms in total. The molecule has 0 bridgehead atoms. The number of carbonyl (C=O) groups is 1. The van der Waals surface area contributed by atoms with E-state index in [4.69, 9.17) is 5.11 Å². The smallest absolute Gasteiger partial charge is 0.251 e. The van der Waals surface area contributed by atoms with Gasteiger partial charge in [-0.2, -0.15) is 0 Å². The molecule has 2 N–H and O–H groups in total. The SMILES string of the molecule is C=C(C)c1cccc(C(=O)NCCO)c1. The van der Waals surface area contributed by atoms with Gasteiger partial charge in [-0.1, -0.05) is 24.3 Å². The molecule has 3 heteroatoms. The highest BCUT2D eigenvalue weighted by molar-refractivity contribution is 5.94. The van der Waals surface area contributed by atoms with Gasteiger partial charge in [0.25, 0.3) is 5.91 Å². The van der Waals surface area contributed by atoms with Crippen molar-refractivity contribution in [2.24, 2.45) is 0 Å². The number of aliphatic hydroxyl groups is 1. The van der Waals surface area contributed by atoms with E-state index in [1.165, 1.54) is 0 Å². The molecule has 1 amide bonds. The molecule has 1 aromatic rings. The van der Waals surface area contributed by atoms with E-state index in [9.17, 15) is 4.79 Å². The fourth-order valence-electron chi connectivity index (χ4n) is 1.20. The van der Waals surface area contributed by atoms with Gasteiger partial charge in [0.05, 0.1) is 6.61 Å². The van der Waals surface area contributed by atoms with E-state index in [-0.39, 0.29) is 19.1 Å². The third-order valence-corrected chi connectivity index (χ3v) is 2.01. The fourth-order valence-corrected chi connectivity index (χ4v) is 1.20. The molecule has 80 valence electrons. The van der Waals surface area contributed by atoms with Crippen molar-refractivity contribution in [2.45, 2.75) is 6.92 Å². The summed E-state index contributed by atoms with van der Waals surface area (Å²) >= 11 is 0. The second-order valence-corrected chi connectivity index (χ2v) is 3.34. The van der Waals surface area contributed by atoms with Crippen LogP contribution in [0.15, 0.2) is 30.8 Å². The van der Waals surface area contributed by atoms with Crippen LogP contribution in [0.2, 0.25) is 0 Å². The Morgan fingerprint density at radius 2 is 2.13 bits per heavy atom. The zero-order chi connectivity index (χ0) is 11.3. The average Bonchev–Trinajstić information content (AvgIpc) is 2.26. The van der Waals surface area contributed by atoms with Crippen molar-refractivity contribution in [3.05, 3.63) is 42.0 Å². The number of carbonyl (C=O) groups excluding carboxylic acids is 1. The molecule has 0 aliphatic carbocycles. The number of rotatable bonds is 4. The fraction of sp³-hybridized carbons (Fsp3) is 0.250. The van der Waals surface area contributed by atoms with Gasteiger partial charge in [0.15, 0.2) is 0 Å². The van der Waals surface area contributed by atoms with Crippen LogP contribution < -0.4 is 5.32 Å². The predicted molar refractivity (Wildman–Crippen MR) is 60.6 cm³/mol. The summed E-state index contributed by atoms with van der Waals surface area (Å²) in [6.07, 6.45) is 0. The normalized spacial score (nSPS) is 9.73. The largest absolute Gasteiger partial charge is 0.395 e. The third-order valence-electron chi connectivity index (χ3n) is 2.01. The molecular weight excluding hydrogens is 190 g/mol. The van der Waals surface area contributed by atoms with Crippen LogP contribution in [0.3, 0.4) is 0 Å². The Morgan fingerprint density at radius 1 is 1.47 bits per heavy atom. The van der Waals surface area contributed by atoms with Crippen LogP contribution in [0.1, 0.15) is 22.8 Å². The van der Waals surface area contributed by atoms with E-state index < -0.39 is 0 Å². The minimum absolute atomic E-state index is 0.0497. The molecule has 0 spiro atoms. The van der Waals surface area contributed by atoms with E-state index in [2.05, 4.69) is 11.9 Å². The van der Waals surface area contributed by atoms with E-state index in [0.29, 0.717) is 5.56 Å². The number of benzene rings is 1. The maximum Gasteiger partial charge on any atom is 0.251 e. The molecule has 15 heavy (non-hydrogen) atoms. The van der Waals surface area contributed by atoms with Gasteiger partial charge in [-0.25, -0.2) is 0 Å². The molecule has 0 aliphatic rings. The van der Waals surface area contributed by atoms with Gasteiger partial charge in [0.2, 0.25) is 0 Å². The van der Waals surface area contributed by atoms with Gasteiger partial charge in [-0.15, -0.1) is 0 Å². The minimum atomic E-state index is -0.174. The zero-order valence-corrected chi connectivity index (χ0v) is 8.79. The highest BCUT2D eigenvalue weighted by atomic mass is 16.3. The summed E-state index contributed by atoms with van der Waals surface area (Å²) in [6, 6.07) is 7.25. The molecule has 0 aliphatic heterocycles. The second-order valence-electron chi connectivity index (χ2n) is 3.34.